The molecule has 0 radical (unpaired) electrons. The second kappa shape index (κ2) is 10.8. The second-order valence-electron chi connectivity index (χ2n) is 6.19. The van der Waals surface area contributed by atoms with Crippen molar-refractivity contribution >= 4 is 0 Å². The van der Waals surface area contributed by atoms with Crippen LogP contribution >= 0.6 is 0 Å². The highest BCUT2D eigenvalue weighted by atomic mass is 19.1. The van der Waals surface area contributed by atoms with E-state index < -0.39 is 6.10 Å². The lowest BCUT2D eigenvalue weighted by atomic mass is 10.00. The van der Waals surface area contributed by atoms with Crippen molar-refractivity contribution in [3.8, 4) is 0 Å². The molecule has 0 fully saturated rings. The zero-order chi connectivity index (χ0) is 15.5. The van der Waals surface area contributed by atoms with E-state index in [4.69, 9.17) is 0 Å². The molecular weight excluding hydrogens is 263 g/mol. The summed E-state index contributed by atoms with van der Waals surface area (Å²) in [6.45, 7) is 4.10. The maximum absolute atomic E-state index is 13.3. The third-order valence-electron chi connectivity index (χ3n) is 4.03. The van der Waals surface area contributed by atoms with Crippen LogP contribution in [-0.2, 0) is 0 Å². The van der Waals surface area contributed by atoms with Crippen molar-refractivity contribution in [3.05, 3.63) is 35.1 Å². The Kier molecular flexibility index (Phi) is 9.32. The summed E-state index contributed by atoms with van der Waals surface area (Å²) in [6, 6.07) is 4.82. The lowest BCUT2D eigenvalue weighted by molar-refractivity contribution is 0.163. The molecule has 0 spiro atoms. The molecule has 0 heterocycles. The molecule has 0 amide bonds. The van der Waals surface area contributed by atoms with Crippen molar-refractivity contribution in [2.24, 2.45) is 0 Å². The maximum atomic E-state index is 13.3. The first-order valence-electron chi connectivity index (χ1n) is 8.58. The molecule has 0 aromatic heterocycles. The van der Waals surface area contributed by atoms with E-state index in [1.807, 2.05) is 13.0 Å². The van der Waals surface area contributed by atoms with E-state index in [0.29, 0.717) is 5.56 Å². The fourth-order valence-corrected chi connectivity index (χ4v) is 2.77. The molecule has 21 heavy (non-hydrogen) atoms. The monoisotopic (exact) mass is 294 g/mol. The van der Waals surface area contributed by atoms with Gasteiger partial charge in [0.15, 0.2) is 0 Å². The van der Waals surface area contributed by atoms with Gasteiger partial charge in [-0.3, -0.25) is 0 Å². The minimum atomic E-state index is -0.524. The van der Waals surface area contributed by atoms with E-state index in [-0.39, 0.29) is 5.82 Å². The molecule has 0 aliphatic heterocycles. The van der Waals surface area contributed by atoms with Crippen LogP contribution in [0.5, 0.6) is 0 Å². The Hall–Kier alpha value is -0.890. The third kappa shape index (κ3) is 8.21. The van der Waals surface area contributed by atoms with Crippen LogP contribution < -0.4 is 0 Å². The van der Waals surface area contributed by atoms with Gasteiger partial charge in [-0.05, 0) is 36.6 Å². The van der Waals surface area contributed by atoms with Gasteiger partial charge in [-0.1, -0.05) is 70.8 Å². The first kappa shape index (κ1) is 18.2. The van der Waals surface area contributed by atoms with Crippen LogP contribution in [0.1, 0.15) is 88.4 Å². The molecule has 0 aliphatic rings. The van der Waals surface area contributed by atoms with Gasteiger partial charge < -0.3 is 5.11 Å². The fourth-order valence-electron chi connectivity index (χ4n) is 2.77. The summed E-state index contributed by atoms with van der Waals surface area (Å²) in [6.07, 6.45) is 11.7. The van der Waals surface area contributed by atoms with E-state index >= 15 is 0 Å². The van der Waals surface area contributed by atoms with Gasteiger partial charge >= 0.3 is 0 Å². The van der Waals surface area contributed by atoms with Crippen molar-refractivity contribution < 1.29 is 9.50 Å². The SMILES string of the molecule is CCCCCCCCCCCC(O)c1cc(C)cc(F)c1. The Morgan fingerprint density at radius 1 is 0.905 bits per heavy atom. The van der Waals surface area contributed by atoms with Gasteiger partial charge in [0.05, 0.1) is 6.10 Å². The van der Waals surface area contributed by atoms with Crippen LogP contribution in [0.4, 0.5) is 4.39 Å². The molecule has 0 saturated carbocycles. The summed E-state index contributed by atoms with van der Waals surface area (Å²) in [5, 5.41) is 10.1. The minimum absolute atomic E-state index is 0.254. The van der Waals surface area contributed by atoms with Crippen LogP contribution in [0.25, 0.3) is 0 Å². The molecule has 1 aromatic carbocycles. The predicted molar refractivity (Wildman–Crippen MR) is 87.9 cm³/mol. The molecule has 1 nitrogen and oxygen atoms in total. The lowest BCUT2D eigenvalue weighted by Gasteiger charge is -2.12. The summed E-state index contributed by atoms with van der Waals surface area (Å²) >= 11 is 0. The highest BCUT2D eigenvalue weighted by Crippen LogP contribution is 2.22. The van der Waals surface area contributed by atoms with Gasteiger partial charge in [0, 0.05) is 0 Å². The number of aryl methyl sites for hydroxylation is 1. The van der Waals surface area contributed by atoms with Crippen LogP contribution in [0.2, 0.25) is 0 Å². The molecule has 1 aromatic rings. The van der Waals surface area contributed by atoms with Gasteiger partial charge in [-0.2, -0.15) is 0 Å². The second-order valence-corrected chi connectivity index (χ2v) is 6.19. The molecule has 1 rings (SSSR count). The number of hydrogen-bond acceptors (Lipinski definition) is 1. The first-order chi connectivity index (χ1) is 10.1. The van der Waals surface area contributed by atoms with Crippen molar-refractivity contribution in [2.75, 3.05) is 0 Å². The quantitative estimate of drug-likeness (QED) is 0.490. The van der Waals surface area contributed by atoms with Gasteiger partial charge in [0.25, 0.3) is 0 Å². The molecule has 1 N–H and O–H groups in total. The van der Waals surface area contributed by atoms with Crippen LogP contribution in [0.15, 0.2) is 18.2 Å². The van der Waals surface area contributed by atoms with Gasteiger partial charge in [0.1, 0.15) is 5.82 Å². The summed E-state index contributed by atoms with van der Waals surface area (Å²) in [7, 11) is 0. The number of halogens is 1. The fraction of sp³-hybridized carbons (Fsp3) is 0.684. The number of benzene rings is 1. The van der Waals surface area contributed by atoms with E-state index in [1.165, 1.54) is 63.5 Å². The van der Waals surface area contributed by atoms with Crippen LogP contribution in [-0.4, -0.2) is 5.11 Å². The average molecular weight is 294 g/mol. The smallest absolute Gasteiger partial charge is 0.123 e. The van der Waals surface area contributed by atoms with Gasteiger partial charge in [0.2, 0.25) is 0 Å². The normalized spacial score (nSPS) is 12.6. The van der Waals surface area contributed by atoms with E-state index in [1.54, 1.807) is 0 Å². The highest BCUT2D eigenvalue weighted by Gasteiger charge is 2.09. The van der Waals surface area contributed by atoms with E-state index in [0.717, 1.165) is 18.4 Å². The van der Waals surface area contributed by atoms with Gasteiger partial charge in [-0.25, -0.2) is 4.39 Å². The first-order valence-corrected chi connectivity index (χ1v) is 8.58. The third-order valence-corrected chi connectivity index (χ3v) is 4.03. The Balaban J connectivity index is 2.09. The Bertz CT molecular complexity index is 369. The molecule has 1 atom stereocenters. The largest absolute Gasteiger partial charge is 0.388 e. The maximum Gasteiger partial charge on any atom is 0.123 e. The topological polar surface area (TPSA) is 20.2 Å². The van der Waals surface area contributed by atoms with E-state index in [9.17, 15) is 9.50 Å². The molecule has 2 heteroatoms. The summed E-state index contributed by atoms with van der Waals surface area (Å²) in [4.78, 5) is 0. The number of aliphatic hydroxyl groups excluding tert-OH is 1. The van der Waals surface area contributed by atoms with Crippen molar-refractivity contribution in [1.29, 1.82) is 0 Å². The zero-order valence-electron chi connectivity index (χ0n) is 13.7. The highest BCUT2D eigenvalue weighted by molar-refractivity contribution is 5.25. The number of unbranched alkanes of at least 4 members (excludes halogenated alkanes) is 8. The van der Waals surface area contributed by atoms with Crippen molar-refractivity contribution in [1.82, 2.24) is 0 Å². The molecule has 0 bridgehead atoms. The zero-order valence-corrected chi connectivity index (χ0v) is 13.7. The number of hydrogen-bond donors (Lipinski definition) is 1. The standard InChI is InChI=1S/C19H31FO/c1-3-4-5-6-7-8-9-10-11-12-19(21)17-13-16(2)14-18(20)15-17/h13-15,19,21H,3-12H2,1-2H3. The summed E-state index contributed by atoms with van der Waals surface area (Å²) in [5.41, 5.74) is 1.59. The van der Waals surface area contributed by atoms with Gasteiger partial charge in [-0.15, -0.1) is 0 Å². The minimum Gasteiger partial charge on any atom is -0.388 e. The molecular formula is C19H31FO. The molecule has 1 unspecified atom stereocenters. The number of aliphatic hydroxyl groups is 1. The Labute approximate surface area is 129 Å². The average Bonchev–Trinajstić information content (AvgIpc) is 2.44. The van der Waals surface area contributed by atoms with Crippen LogP contribution in [0, 0.1) is 12.7 Å². The number of rotatable bonds is 11. The molecule has 120 valence electrons. The lowest BCUT2D eigenvalue weighted by Crippen LogP contribution is -1.99. The molecule has 0 saturated heterocycles. The van der Waals surface area contributed by atoms with Crippen molar-refractivity contribution in [3.63, 3.8) is 0 Å². The summed E-state index contributed by atoms with van der Waals surface area (Å²) < 4.78 is 13.3. The Morgan fingerprint density at radius 2 is 1.48 bits per heavy atom. The summed E-state index contributed by atoms with van der Waals surface area (Å²) in [5.74, 6) is -0.254. The Morgan fingerprint density at radius 3 is 2.05 bits per heavy atom. The van der Waals surface area contributed by atoms with E-state index in [2.05, 4.69) is 6.92 Å². The molecule has 0 aliphatic carbocycles. The predicted octanol–water partition coefficient (Wildman–Crippen LogP) is 6.09. The van der Waals surface area contributed by atoms with Crippen molar-refractivity contribution in [2.45, 2.75) is 84.2 Å². The van der Waals surface area contributed by atoms with Crippen LogP contribution in [0.3, 0.4) is 0 Å².